The van der Waals surface area contributed by atoms with Crippen LogP contribution in [-0.4, -0.2) is 55.2 Å². The summed E-state index contributed by atoms with van der Waals surface area (Å²) in [6, 6.07) is 11.0. The molecule has 1 aromatic carbocycles. The van der Waals surface area contributed by atoms with Crippen LogP contribution in [0, 0.1) is 0 Å². The normalized spacial score (nSPS) is 18.6. The topological polar surface area (TPSA) is 95.4 Å². The first-order valence-corrected chi connectivity index (χ1v) is 10.7. The van der Waals surface area contributed by atoms with E-state index in [1.54, 1.807) is 29.7 Å². The van der Waals surface area contributed by atoms with Crippen molar-refractivity contribution in [3.05, 3.63) is 89.5 Å². The molecule has 5 rings (SSSR count). The number of aromatic amines is 1. The molecule has 1 saturated heterocycles. The summed E-state index contributed by atoms with van der Waals surface area (Å²) >= 11 is 6.23. The largest absolute Gasteiger partial charge is 0.344 e. The minimum Gasteiger partial charge on any atom is -0.344 e. The van der Waals surface area contributed by atoms with Crippen molar-refractivity contribution in [2.24, 2.45) is 0 Å². The highest BCUT2D eigenvalue weighted by Gasteiger charge is 2.34. The van der Waals surface area contributed by atoms with Gasteiger partial charge in [-0.25, -0.2) is 9.97 Å². The lowest BCUT2D eigenvalue weighted by Gasteiger charge is -2.39. The third-order valence-corrected chi connectivity index (χ3v) is 6.12. The first-order valence-electron chi connectivity index (χ1n) is 10.4. The van der Waals surface area contributed by atoms with Crippen molar-refractivity contribution in [1.29, 1.82) is 0 Å². The van der Waals surface area contributed by atoms with Crippen molar-refractivity contribution in [2.45, 2.75) is 18.4 Å². The number of piperidine rings is 1. The number of carbonyl (C=O) groups excluding carboxylic acids is 2. The van der Waals surface area contributed by atoms with Gasteiger partial charge in [0.15, 0.2) is 5.82 Å². The Balaban J connectivity index is 1.43. The fraction of sp³-hybridized carbons (Fsp3) is 0.217. The molecule has 162 valence electrons. The number of pyridine rings is 1. The number of H-pyrrole nitrogens is 1. The average Bonchev–Trinajstić information content (AvgIpc) is 3.50. The Bertz CT molecular complexity index is 1270. The molecule has 0 bridgehead atoms. The Morgan fingerprint density at radius 2 is 2.12 bits per heavy atom. The van der Waals surface area contributed by atoms with E-state index >= 15 is 0 Å². The second kappa shape index (κ2) is 8.47. The minimum atomic E-state index is -0.306. The van der Waals surface area contributed by atoms with Crippen LogP contribution in [0.15, 0.2) is 67.5 Å². The van der Waals surface area contributed by atoms with E-state index in [1.165, 1.54) is 6.20 Å². The van der Waals surface area contributed by atoms with E-state index in [1.807, 2.05) is 40.9 Å². The lowest BCUT2D eigenvalue weighted by Crippen LogP contribution is -2.53. The number of imidazole rings is 2. The number of amides is 2. The number of rotatable bonds is 4. The van der Waals surface area contributed by atoms with Crippen LogP contribution >= 0.6 is 11.6 Å². The molecule has 0 spiro atoms. The smallest absolute Gasteiger partial charge is 0.287 e. The Labute approximate surface area is 189 Å². The summed E-state index contributed by atoms with van der Waals surface area (Å²) in [4.78, 5) is 39.0. The van der Waals surface area contributed by atoms with Crippen molar-refractivity contribution >= 4 is 28.9 Å². The van der Waals surface area contributed by atoms with E-state index < -0.39 is 0 Å². The molecular formula is C23H21ClN6O2. The number of nitrogens with zero attached hydrogens (tertiary/aromatic N) is 4. The number of benzene rings is 1. The van der Waals surface area contributed by atoms with Gasteiger partial charge in [0.2, 0.25) is 0 Å². The second-order valence-corrected chi connectivity index (χ2v) is 8.26. The lowest BCUT2D eigenvalue weighted by molar-refractivity contribution is 0.0655. The van der Waals surface area contributed by atoms with Crippen LogP contribution < -0.4 is 5.32 Å². The molecule has 32 heavy (non-hydrogen) atoms. The highest BCUT2D eigenvalue weighted by molar-refractivity contribution is 6.30. The molecule has 1 aliphatic rings. The number of halogens is 1. The zero-order chi connectivity index (χ0) is 22.1. The first kappa shape index (κ1) is 20.3. The second-order valence-electron chi connectivity index (χ2n) is 7.83. The van der Waals surface area contributed by atoms with Gasteiger partial charge >= 0.3 is 0 Å². The predicted molar refractivity (Wildman–Crippen MR) is 120 cm³/mol. The molecule has 8 nitrogen and oxygen atoms in total. The molecule has 4 heterocycles. The fourth-order valence-electron chi connectivity index (χ4n) is 4.35. The predicted octanol–water partition coefficient (Wildman–Crippen LogP) is 3.14. The van der Waals surface area contributed by atoms with Gasteiger partial charge in [-0.1, -0.05) is 23.7 Å². The summed E-state index contributed by atoms with van der Waals surface area (Å²) in [5, 5.41) is 3.71. The summed E-state index contributed by atoms with van der Waals surface area (Å²) in [5.74, 6) is -0.137. The fourth-order valence-corrected chi connectivity index (χ4v) is 4.54. The van der Waals surface area contributed by atoms with E-state index in [0.29, 0.717) is 30.1 Å². The van der Waals surface area contributed by atoms with Crippen LogP contribution in [0.5, 0.6) is 0 Å². The number of likely N-dealkylation sites (tertiary alicyclic amines) is 1. The van der Waals surface area contributed by atoms with Crippen LogP contribution in [-0.2, 0) is 0 Å². The highest BCUT2D eigenvalue weighted by atomic mass is 35.5. The number of aromatic nitrogens is 4. The van der Waals surface area contributed by atoms with E-state index in [4.69, 9.17) is 11.6 Å². The van der Waals surface area contributed by atoms with Gasteiger partial charge in [-0.2, -0.15) is 0 Å². The Morgan fingerprint density at radius 3 is 2.94 bits per heavy atom. The Morgan fingerprint density at radius 1 is 1.22 bits per heavy atom. The number of fused-ring (bicyclic) bond motifs is 1. The molecule has 0 aliphatic carbocycles. The number of hydrogen-bond donors (Lipinski definition) is 2. The number of carbonyl (C=O) groups is 2. The van der Waals surface area contributed by atoms with Gasteiger partial charge < -0.3 is 19.6 Å². The van der Waals surface area contributed by atoms with Crippen molar-refractivity contribution in [2.75, 3.05) is 13.1 Å². The summed E-state index contributed by atoms with van der Waals surface area (Å²) < 4.78 is 1.82. The highest BCUT2D eigenvalue weighted by Crippen LogP contribution is 2.31. The minimum absolute atomic E-state index is 0.0161. The maximum Gasteiger partial charge on any atom is 0.287 e. The standard InChI is InChI=1S/C23H21ClN6O2/c24-16-4-1-3-15(11-16)17-6-10-29(13-19(17)28-22(31)21-26-7-8-27-21)23(32)18-5-2-9-30-14-25-12-20(18)30/h1-5,7-9,11-12,14,17,19H,6,10,13H2,(H,26,27)(H,28,31). The zero-order valence-electron chi connectivity index (χ0n) is 17.1. The summed E-state index contributed by atoms with van der Waals surface area (Å²) in [6.07, 6.45) is 9.04. The van der Waals surface area contributed by atoms with E-state index in [2.05, 4.69) is 20.3 Å². The molecular weight excluding hydrogens is 428 g/mol. The zero-order valence-corrected chi connectivity index (χ0v) is 17.9. The van der Waals surface area contributed by atoms with Crippen LogP contribution in [0.25, 0.3) is 5.52 Å². The number of hydrogen-bond acceptors (Lipinski definition) is 4. The maximum atomic E-state index is 13.4. The van der Waals surface area contributed by atoms with Crippen molar-refractivity contribution in [1.82, 2.24) is 29.6 Å². The molecule has 4 aromatic rings. The van der Waals surface area contributed by atoms with E-state index in [0.717, 1.165) is 11.1 Å². The molecule has 2 unspecified atom stereocenters. The average molecular weight is 449 g/mol. The van der Waals surface area contributed by atoms with E-state index in [-0.39, 0.29) is 29.6 Å². The van der Waals surface area contributed by atoms with Gasteiger partial charge in [-0.05, 0) is 36.2 Å². The molecule has 9 heteroatoms. The van der Waals surface area contributed by atoms with Crippen molar-refractivity contribution < 1.29 is 9.59 Å². The quantitative estimate of drug-likeness (QED) is 0.501. The van der Waals surface area contributed by atoms with Gasteiger partial charge in [0, 0.05) is 42.6 Å². The maximum absolute atomic E-state index is 13.4. The molecule has 2 atom stereocenters. The van der Waals surface area contributed by atoms with Gasteiger partial charge in [0.25, 0.3) is 11.8 Å². The third kappa shape index (κ3) is 3.85. The third-order valence-electron chi connectivity index (χ3n) is 5.89. The Hall–Kier alpha value is -3.65. The lowest BCUT2D eigenvalue weighted by atomic mass is 9.85. The van der Waals surface area contributed by atoms with Crippen LogP contribution in [0.3, 0.4) is 0 Å². The van der Waals surface area contributed by atoms with Crippen LogP contribution in [0.2, 0.25) is 5.02 Å². The van der Waals surface area contributed by atoms with Gasteiger partial charge in [0.1, 0.15) is 0 Å². The summed E-state index contributed by atoms with van der Waals surface area (Å²) in [7, 11) is 0. The molecule has 1 fully saturated rings. The molecule has 0 saturated carbocycles. The SMILES string of the molecule is O=C(NC1CN(C(=O)c2cccn3cncc23)CCC1c1cccc(Cl)c1)c1ncc[nH]1. The van der Waals surface area contributed by atoms with Crippen molar-refractivity contribution in [3.63, 3.8) is 0 Å². The molecule has 0 radical (unpaired) electrons. The first-order chi connectivity index (χ1) is 15.6. The van der Waals surface area contributed by atoms with Crippen LogP contribution in [0.1, 0.15) is 38.9 Å². The Kier molecular flexibility index (Phi) is 5.36. The van der Waals surface area contributed by atoms with E-state index in [9.17, 15) is 9.59 Å². The van der Waals surface area contributed by atoms with Gasteiger partial charge in [-0.3, -0.25) is 9.59 Å². The molecule has 2 N–H and O–H groups in total. The van der Waals surface area contributed by atoms with Gasteiger partial charge in [-0.15, -0.1) is 0 Å². The van der Waals surface area contributed by atoms with Crippen LogP contribution in [0.4, 0.5) is 0 Å². The number of nitrogens with one attached hydrogen (secondary N) is 2. The molecule has 1 aliphatic heterocycles. The van der Waals surface area contributed by atoms with Crippen molar-refractivity contribution in [3.8, 4) is 0 Å². The molecule has 2 amide bonds. The van der Waals surface area contributed by atoms with Gasteiger partial charge in [0.05, 0.1) is 29.6 Å². The summed E-state index contributed by atoms with van der Waals surface area (Å²) in [6.45, 7) is 0.940. The monoisotopic (exact) mass is 448 g/mol. The molecule has 3 aromatic heterocycles. The summed E-state index contributed by atoms with van der Waals surface area (Å²) in [5.41, 5.74) is 2.38.